The SMILES string of the molecule is CC(C)N(CC(N)=S)C(C)C(=O)NC(C)(C)C. The number of carbonyl (C=O) groups is 1. The molecule has 0 heterocycles. The van der Waals surface area contributed by atoms with Crippen LogP contribution in [0.2, 0.25) is 0 Å². The van der Waals surface area contributed by atoms with E-state index in [2.05, 4.69) is 5.32 Å². The van der Waals surface area contributed by atoms with Crippen LogP contribution in [0.3, 0.4) is 0 Å². The van der Waals surface area contributed by atoms with Crippen LogP contribution in [0.5, 0.6) is 0 Å². The van der Waals surface area contributed by atoms with Crippen molar-refractivity contribution in [1.82, 2.24) is 10.2 Å². The van der Waals surface area contributed by atoms with E-state index in [1.54, 1.807) is 0 Å². The second-order valence-corrected chi connectivity index (χ2v) is 6.17. The zero-order chi connectivity index (χ0) is 13.8. The van der Waals surface area contributed by atoms with E-state index in [9.17, 15) is 4.79 Å². The van der Waals surface area contributed by atoms with E-state index in [1.165, 1.54) is 0 Å². The van der Waals surface area contributed by atoms with Gasteiger partial charge in [0.25, 0.3) is 0 Å². The molecule has 100 valence electrons. The molecule has 0 spiro atoms. The fourth-order valence-corrected chi connectivity index (χ4v) is 1.72. The summed E-state index contributed by atoms with van der Waals surface area (Å²) in [4.78, 5) is 14.4. The Bertz CT molecular complexity index is 284. The smallest absolute Gasteiger partial charge is 0.237 e. The third-order valence-electron chi connectivity index (χ3n) is 2.38. The second kappa shape index (κ2) is 6.31. The van der Waals surface area contributed by atoms with Gasteiger partial charge in [-0.15, -0.1) is 0 Å². The van der Waals surface area contributed by atoms with Crippen LogP contribution in [0.25, 0.3) is 0 Å². The van der Waals surface area contributed by atoms with Gasteiger partial charge in [-0.2, -0.15) is 0 Å². The fourth-order valence-electron chi connectivity index (χ4n) is 1.57. The van der Waals surface area contributed by atoms with Crippen LogP contribution in [0.15, 0.2) is 0 Å². The van der Waals surface area contributed by atoms with Gasteiger partial charge in [0.2, 0.25) is 5.91 Å². The molecule has 0 aliphatic carbocycles. The van der Waals surface area contributed by atoms with Gasteiger partial charge >= 0.3 is 0 Å². The molecule has 1 atom stereocenters. The zero-order valence-corrected chi connectivity index (χ0v) is 12.5. The van der Waals surface area contributed by atoms with E-state index in [0.29, 0.717) is 11.5 Å². The van der Waals surface area contributed by atoms with E-state index < -0.39 is 0 Å². The molecule has 17 heavy (non-hydrogen) atoms. The minimum atomic E-state index is -0.240. The average molecular weight is 259 g/mol. The van der Waals surface area contributed by atoms with Crippen LogP contribution in [0.4, 0.5) is 0 Å². The van der Waals surface area contributed by atoms with Gasteiger partial charge in [-0.05, 0) is 41.5 Å². The van der Waals surface area contributed by atoms with Crippen molar-refractivity contribution in [1.29, 1.82) is 0 Å². The molecule has 1 unspecified atom stereocenters. The number of nitrogens with two attached hydrogens (primary N) is 1. The van der Waals surface area contributed by atoms with Crippen molar-refractivity contribution >= 4 is 23.1 Å². The van der Waals surface area contributed by atoms with E-state index in [4.69, 9.17) is 18.0 Å². The summed E-state index contributed by atoms with van der Waals surface area (Å²) >= 11 is 4.91. The fraction of sp³-hybridized carbons (Fsp3) is 0.833. The Labute approximate surface area is 110 Å². The molecule has 0 aromatic rings. The minimum Gasteiger partial charge on any atom is -0.392 e. The molecule has 0 saturated carbocycles. The average Bonchev–Trinajstić information content (AvgIpc) is 2.09. The Hall–Kier alpha value is -0.680. The lowest BCUT2D eigenvalue weighted by Crippen LogP contribution is -2.54. The van der Waals surface area contributed by atoms with Crippen molar-refractivity contribution in [2.24, 2.45) is 5.73 Å². The number of rotatable bonds is 5. The third kappa shape index (κ3) is 6.58. The van der Waals surface area contributed by atoms with Crippen molar-refractivity contribution in [3.05, 3.63) is 0 Å². The Morgan fingerprint density at radius 1 is 1.35 bits per heavy atom. The van der Waals surface area contributed by atoms with Gasteiger partial charge < -0.3 is 11.1 Å². The molecule has 1 amide bonds. The quantitative estimate of drug-likeness (QED) is 0.730. The molecule has 0 radical (unpaired) electrons. The van der Waals surface area contributed by atoms with Gasteiger partial charge in [-0.1, -0.05) is 12.2 Å². The monoisotopic (exact) mass is 259 g/mol. The summed E-state index contributed by atoms with van der Waals surface area (Å²) in [6.45, 7) is 12.3. The summed E-state index contributed by atoms with van der Waals surface area (Å²) in [6.07, 6.45) is 0. The number of hydrogen-bond acceptors (Lipinski definition) is 3. The van der Waals surface area contributed by atoms with Gasteiger partial charge in [0, 0.05) is 18.1 Å². The Kier molecular flexibility index (Phi) is 6.05. The maximum atomic E-state index is 12.0. The standard InChI is InChI=1S/C12H25N3OS/c1-8(2)15(7-10(13)17)9(3)11(16)14-12(4,5)6/h8-9H,7H2,1-6H3,(H2,13,17)(H,14,16). The maximum absolute atomic E-state index is 12.0. The summed E-state index contributed by atoms with van der Waals surface area (Å²) in [5.41, 5.74) is 5.33. The maximum Gasteiger partial charge on any atom is 0.237 e. The highest BCUT2D eigenvalue weighted by Crippen LogP contribution is 2.08. The van der Waals surface area contributed by atoms with Crippen molar-refractivity contribution in [2.45, 2.75) is 59.2 Å². The van der Waals surface area contributed by atoms with Gasteiger partial charge in [0.15, 0.2) is 0 Å². The molecule has 4 nitrogen and oxygen atoms in total. The lowest BCUT2D eigenvalue weighted by Gasteiger charge is -2.33. The first-order valence-corrected chi connectivity index (χ1v) is 6.31. The molecule has 0 bridgehead atoms. The van der Waals surface area contributed by atoms with Crippen LogP contribution in [-0.2, 0) is 4.79 Å². The minimum absolute atomic E-state index is 0.00227. The molecule has 0 aliphatic heterocycles. The van der Waals surface area contributed by atoms with Gasteiger partial charge in [-0.25, -0.2) is 0 Å². The highest BCUT2D eigenvalue weighted by molar-refractivity contribution is 7.80. The van der Waals surface area contributed by atoms with E-state index in [0.717, 1.165) is 0 Å². The number of carbonyl (C=O) groups excluding carboxylic acids is 1. The predicted molar refractivity (Wildman–Crippen MR) is 76.0 cm³/mol. The van der Waals surface area contributed by atoms with E-state index in [-0.39, 0.29) is 23.5 Å². The summed E-state index contributed by atoms with van der Waals surface area (Å²) in [7, 11) is 0. The molecule has 0 aromatic carbocycles. The van der Waals surface area contributed by atoms with Crippen LogP contribution < -0.4 is 11.1 Å². The van der Waals surface area contributed by atoms with Crippen LogP contribution >= 0.6 is 12.2 Å². The predicted octanol–water partition coefficient (Wildman–Crippen LogP) is 1.29. The van der Waals surface area contributed by atoms with Gasteiger partial charge in [0.05, 0.1) is 11.0 Å². The molecule has 0 fully saturated rings. The third-order valence-corrected chi connectivity index (χ3v) is 2.51. The molecule has 5 heteroatoms. The van der Waals surface area contributed by atoms with Gasteiger partial charge in [0.1, 0.15) is 0 Å². The number of hydrogen-bond donors (Lipinski definition) is 2. The zero-order valence-electron chi connectivity index (χ0n) is 11.7. The van der Waals surface area contributed by atoms with Crippen molar-refractivity contribution in [3.8, 4) is 0 Å². The molecule has 0 aliphatic rings. The normalized spacial score (nSPS) is 13.9. The lowest BCUT2D eigenvalue weighted by atomic mass is 10.1. The van der Waals surface area contributed by atoms with Crippen molar-refractivity contribution in [2.75, 3.05) is 6.54 Å². The molecule has 0 rings (SSSR count). The first-order chi connectivity index (χ1) is 7.54. The van der Waals surface area contributed by atoms with E-state index in [1.807, 2.05) is 46.4 Å². The summed E-state index contributed by atoms with van der Waals surface area (Å²) in [5.74, 6) is 0.00227. The Balaban J connectivity index is 4.66. The highest BCUT2D eigenvalue weighted by atomic mass is 32.1. The Morgan fingerprint density at radius 3 is 2.12 bits per heavy atom. The summed E-state index contributed by atoms with van der Waals surface area (Å²) in [6, 6.07) is -0.0204. The van der Waals surface area contributed by atoms with Crippen LogP contribution in [0, 0.1) is 0 Å². The largest absolute Gasteiger partial charge is 0.392 e. The Morgan fingerprint density at radius 2 is 1.82 bits per heavy atom. The number of nitrogens with zero attached hydrogens (tertiary/aromatic N) is 1. The molecule has 0 saturated heterocycles. The van der Waals surface area contributed by atoms with Gasteiger partial charge in [-0.3, -0.25) is 9.69 Å². The second-order valence-electron chi connectivity index (χ2n) is 5.65. The lowest BCUT2D eigenvalue weighted by molar-refractivity contribution is -0.127. The van der Waals surface area contributed by atoms with Crippen LogP contribution in [0.1, 0.15) is 41.5 Å². The molecule has 3 N–H and O–H groups in total. The van der Waals surface area contributed by atoms with Crippen molar-refractivity contribution < 1.29 is 4.79 Å². The van der Waals surface area contributed by atoms with Crippen LogP contribution in [-0.4, -0.2) is 40.0 Å². The summed E-state index contributed by atoms with van der Waals surface area (Å²) in [5, 5.41) is 2.96. The molecular formula is C12H25N3OS. The van der Waals surface area contributed by atoms with E-state index >= 15 is 0 Å². The summed E-state index contributed by atoms with van der Waals surface area (Å²) < 4.78 is 0. The number of amides is 1. The number of thiocarbonyl (C=S) groups is 1. The van der Waals surface area contributed by atoms with Crippen molar-refractivity contribution in [3.63, 3.8) is 0 Å². The first kappa shape index (κ1) is 16.3. The first-order valence-electron chi connectivity index (χ1n) is 5.90. The molecular weight excluding hydrogens is 234 g/mol. The highest BCUT2D eigenvalue weighted by Gasteiger charge is 2.26. The topological polar surface area (TPSA) is 58.4 Å². The molecule has 0 aromatic heterocycles. The number of nitrogens with one attached hydrogen (secondary N) is 1.